The first-order valence-electron chi connectivity index (χ1n) is 9.87. The minimum Gasteiger partial charge on any atom is -0.445 e. The molecule has 7 nitrogen and oxygen atoms in total. The Bertz CT molecular complexity index is 905. The van der Waals surface area contributed by atoms with E-state index < -0.39 is 0 Å². The van der Waals surface area contributed by atoms with Crippen molar-refractivity contribution in [3.05, 3.63) is 52.7 Å². The summed E-state index contributed by atoms with van der Waals surface area (Å²) in [5.41, 5.74) is 1.54. The zero-order valence-electron chi connectivity index (χ0n) is 17.4. The summed E-state index contributed by atoms with van der Waals surface area (Å²) in [5, 5.41) is 2.83. The predicted molar refractivity (Wildman–Crippen MR) is 108 cm³/mol. The lowest BCUT2D eigenvalue weighted by atomic mass is 9.97. The number of oxazole rings is 1. The zero-order chi connectivity index (χ0) is 21.2. The lowest BCUT2D eigenvalue weighted by molar-refractivity contribution is -0.121. The van der Waals surface area contributed by atoms with Gasteiger partial charge in [0.15, 0.2) is 5.89 Å². The number of fused-ring (bicyclic) bond motifs is 1. The van der Waals surface area contributed by atoms with E-state index in [9.17, 15) is 14.4 Å². The maximum absolute atomic E-state index is 12.3. The summed E-state index contributed by atoms with van der Waals surface area (Å²) in [6, 6.07) is 6.71. The Kier molecular flexibility index (Phi) is 5.86. The minimum atomic E-state index is -0.339. The van der Waals surface area contributed by atoms with Gasteiger partial charge in [-0.15, -0.1) is 0 Å². The Morgan fingerprint density at radius 3 is 2.31 bits per heavy atom. The fourth-order valence-corrected chi connectivity index (χ4v) is 3.20. The third-order valence-corrected chi connectivity index (χ3v) is 4.88. The van der Waals surface area contributed by atoms with E-state index >= 15 is 0 Å². The lowest BCUT2D eigenvalue weighted by Crippen LogP contribution is -2.34. The van der Waals surface area contributed by atoms with E-state index in [1.807, 2.05) is 6.92 Å². The van der Waals surface area contributed by atoms with Crippen LogP contribution < -0.4 is 5.32 Å². The molecule has 0 unspecified atom stereocenters. The molecule has 0 fully saturated rings. The average molecular weight is 397 g/mol. The van der Waals surface area contributed by atoms with E-state index in [1.165, 1.54) is 0 Å². The lowest BCUT2D eigenvalue weighted by Gasteiger charge is -2.13. The van der Waals surface area contributed by atoms with Gasteiger partial charge in [0, 0.05) is 31.3 Å². The van der Waals surface area contributed by atoms with Crippen LogP contribution in [0.5, 0.6) is 0 Å². The van der Waals surface area contributed by atoms with Crippen molar-refractivity contribution in [1.82, 2.24) is 15.2 Å². The van der Waals surface area contributed by atoms with Gasteiger partial charge in [0.05, 0.1) is 16.8 Å². The van der Waals surface area contributed by atoms with E-state index in [2.05, 4.69) is 31.1 Å². The summed E-state index contributed by atoms with van der Waals surface area (Å²) in [4.78, 5) is 42.3. The van der Waals surface area contributed by atoms with Gasteiger partial charge in [-0.25, -0.2) is 4.98 Å². The number of amides is 3. The van der Waals surface area contributed by atoms with Crippen molar-refractivity contribution in [2.45, 2.75) is 52.4 Å². The van der Waals surface area contributed by atoms with Gasteiger partial charge in [0.1, 0.15) is 5.76 Å². The normalized spacial score (nSPS) is 13.7. The zero-order valence-corrected chi connectivity index (χ0v) is 17.4. The predicted octanol–water partition coefficient (Wildman–Crippen LogP) is 3.02. The molecule has 0 saturated heterocycles. The Morgan fingerprint density at radius 1 is 1.14 bits per heavy atom. The number of benzene rings is 1. The van der Waals surface area contributed by atoms with E-state index in [4.69, 9.17) is 4.42 Å². The Morgan fingerprint density at radius 2 is 1.76 bits per heavy atom. The Labute approximate surface area is 170 Å². The SMILES string of the molecule is Cc1nc(C(C)(C)C)oc1CCCNC(=O)CCN1C(=O)c2ccccc2C1=O. The molecule has 0 atom stereocenters. The Hall–Kier alpha value is -2.96. The molecular weight excluding hydrogens is 370 g/mol. The summed E-state index contributed by atoms with van der Waals surface area (Å²) in [7, 11) is 0. The third-order valence-electron chi connectivity index (χ3n) is 4.88. The van der Waals surface area contributed by atoms with Crippen molar-refractivity contribution in [3.8, 4) is 0 Å². The quantitative estimate of drug-likeness (QED) is 0.573. The van der Waals surface area contributed by atoms with Crippen molar-refractivity contribution < 1.29 is 18.8 Å². The highest BCUT2D eigenvalue weighted by Gasteiger charge is 2.34. The van der Waals surface area contributed by atoms with Crippen LogP contribution in [0, 0.1) is 6.92 Å². The molecule has 0 bridgehead atoms. The number of carbonyl (C=O) groups excluding carboxylic acids is 3. The van der Waals surface area contributed by atoms with Crippen LogP contribution in [-0.4, -0.2) is 40.7 Å². The summed E-state index contributed by atoms with van der Waals surface area (Å²) in [5.74, 6) is 0.694. The fourth-order valence-electron chi connectivity index (χ4n) is 3.20. The molecule has 1 aliphatic heterocycles. The van der Waals surface area contributed by atoms with Gasteiger partial charge >= 0.3 is 0 Å². The molecule has 0 saturated carbocycles. The molecule has 1 N–H and O–H groups in total. The van der Waals surface area contributed by atoms with Crippen LogP contribution in [0.2, 0.25) is 0 Å². The number of hydrogen-bond acceptors (Lipinski definition) is 5. The van der Waals surface area contributed by atoms with Crippen molar-refractivity contribution in [1.29, 1.82) is 0 Å². The maximum atomic E-state index is 12.3. The van der Waals surface area contributed by atoms with Crippen LogP contribution in [0.4, 0.5) is 0 Å². The first-order chi connectivity index (χ1) is 13.7. The summed E-state index contributed by atoms with van der Waals surface area (Å²) >= 11 is 0. The van der Waals surface area contributed by atoms with Crippen LogP contribution in [0.1, 0.15) is 71.7 Å². The number of nitrogens with one attached hydrogen (secondary N) is 1. The number of carbonyl (C=O) groups is 3. The first-order valence-corrected chi connectivity index (χ1v) is 9.87. The second-order valence-electron chi connectivity index (χ2n) is 8.29. The van der Waals surface area contributed by atoms with Crippen molar-refractivity contribution in [2.24, 2.45) is 0 Å². The van der Waals surface area contributed by atoms with E-state index in [0.717, 1.165) is 28.7 Å². The monoisotopic (exact) mass is 397 g/mol. The molecule has 1 aromatic heterocycles. The maximum Gasteiger partial charge on any atom is 0.261 e. The van der Waals surface area contributed by atoms with Gasteiger partial charge < -0.3 is 9.73 Å². The topological polar surface area (TPSA) is 92.5 Å². The van der Waals surface area contributed by atoms with Gasteiger partial charge in [-0.2, -0.15) is 0 Å². The van der Waals surface area contributed by atoms with Crippen molar-refractivity contribution >= 4 is 17.7 Å². The highest BCUT2D eigenvalue weighted by atomic mass is 16.4. The van der Waals surface area contributed by atoms with Crippen LogP contribution in [0.25, 0.3) is 0 Å². The molecule has 154 valence electrons. The summed E-state index contributed by atoms with van der Waals surface area (Å²) in [6.45, 7) is 8.65. The first kappa shape index (κ1) is 20.8. The van der Waals surface area contributed by atoms with E-state index in [-0.39, 0.29) is 36.1 Å². The van der Waals surface area contributed by atoms with E-state index in [0.29, 0.717) is 24.1 Å². The number of nitrogens with zero attached hydrogens (tertiary/aromatic N) is 2. The van der Waals surface area contributed by atoms with Gasteiger partial charge in [-0.1, -0.05) is 32.9 Å². The molecular formula is C22H27N3O4. The summed E-state index contributed by atoms with van der Waals surface area (Å²) in [6.07, 6.45) is 1.49. The number of aromatic nitrogens is 1. The molecule has 0 aliphatic carbocycles. The molecule has 7 heteroatoms. The average Bonchev–Trinajstić information content (AvgIpc) is 3.16. The standard InChI is InChI=1S/C22H27N3O4/c1-14-17(29-21(24-14)22(2,3)4)10-7-12-23-18(26)11-13-25-19(27)15-8-5-6-9-16(15)20(25)28/h5-6,8-9H,7,10-13H2,1-4H3,(H,23,26). The molecule has 3 amide bonds. The van der Waals surface area contributed by atoms with Gasteiger partial charge in [-0.3, -0.25) is 19.3 Å². The number of hydrogen-bond donors (Lipinski definition) is 1. The summed E-state index contributed by atoms with van der Waals surface area (Å²) < 4.78 is 5.85. The van der Waals surface area contributed by atoms with Crippen LogP contribution >= 0.6 is 0 Å². The smallest absolute Gasteiger partial charge is 0.261 e. The van der Waals surface area contributed by atoms with Crippen molar-refractivity contribution in [2.75, 3.05) is 13.1 Å². The van der Waals surface area contributed by atoms with Gasteiger partial charge in [0.25, 0.3) is 11.8 Å². The highest BCUT2D eigenvalue weighted by Crippen LogP contribution is 2.24. The minimum absolute atomic E-state index is 0.0777. The molecule has 2 heterocycles. The second-order valence-corrected chi connectivity index (χ2v) is 8.29. The molecule has 0 radical (unpaired) electrons. The fraction of sp³-hybridized carbons (Fsp3) is 0.455. The van der Waals surface area contributed by atoms with Crippen LogP contribution in [-0.2, 0) is 16.6 Å². The number of imide groups is 1. The Balaban J connectivity index is 1.42. The molecule has 2 aromatic rings. The number of aryl methyl sites for hydroxylation is 2. The molecule has 1 aromatic carbocycles. The van der Waals surface area contributed by atoms with Gasteiger partial charge in [0.2, 0.25) is 5.91 Å². The van der Waals surface area contributed by atoms with Gasteiger partial charge in [-0.05, 0) is 25.5 Å². The third kappa shape index (κ3) is 4.55. The largest absolute Gasteiger partial charge is 0.445 e. The van der Waals surface area contributed by atoms with Crippen LogP contribution in [0.15, 0.2) is 28.7 Å². The highest BCUT2D eigenvalue weighted by molar-refractivity contribution is 6.21. The number of rotatable bonds is 7. The molecule has 29 heavy (non-hydrogen) atoms. The second kappa shape index (κ2) is 8.19. The van der Waals surface area contributed by atoms with Crippen molar-refractivity contribution in [3.63, 3.8) is 0 Å². The van der Waals surface area contributed by atoms with Crippen LogP contribution in [0.3, 0.4) is 0 Å². The van der Waals surface area contributed by atoms with E-state index in [1.54, 1.807) is 24.3 Å². The molecule has 0 spiro atoms. The molecule has 3 rings (SSSR count). The molecule has 1 aliphatic rings.